The Kier molecular flexibility index (Phi) is 17.7. The SMILES string of the molecule is CC(CC(F)(F)C(F)(F)C(F)(F)C(F)(F)C(F)(F)C(F)(F)C(F)(F)C(F)(F)C(F)(F)C(F)(F)C(F)(F)C(F)(F)C(F)(F)C(F)(F)C(F)(F)C(F)(F)C(F)(F)C(F)(F)C(F)(F)C(F)(F)C(F)(F)C(F)(F)C(F)(F)F)OP(=O)(O)O. The van der Waals surface area contributed by atoms with Crippen LogP contribution < -0.4 is 0 Å². The molecule has 0 aliphatic heterocycles. The van der Waals surface area contributed by atoms with E-state index in [4.69, 9.17) is 9.79 Å². The monoisotopic (exact) mass is 1310 g/mol. The van der Waals surface area contributed by atoms with E-state index in [0.29, 0.717) is 0 Å². The van der Waals surface area contributed by atoms with Gasteiger partial charge in [0.15, 0.2) is 0 Å². The molecule has 0 aromatic heterocycles. The van der Waals surface area contributed by atoms with Crippen LogP contribution in [0.4, 0.5) is 206 Å². The van der Waals surface area contributed by atoms with Crippen molar-refractivity contribution in [1.82, 2.24) is 0 Å². The zero-order valence-corrected chi connectivity index (χ0v) is 34.6. The summed E-state index contributed by atoms with van der Waals surface area (Å²) >= 11 is 0. The first-order valence-corrected chi connectivity index (χ1v) is 18.3. The molecule has 0 aliphatic rings. The van der Waals surface area contributed by atoms with Crippen LogP contribution in [0.3, 0.4) is 0 Å². The molecule has 0 bridgehead atoms. The Hall–Kier alpha value is -3.18. The first kappa shape index (κ1) is 74.8. The van der Waals surface area contributed by atoms with Crippen molar-refractivity contribution in [2.45, 2.75) is 156 Å². The second-order valence-electron chi connectivity index (χ2n) is 14.9. The van der Waals surface area contributed by atoms with Crippen molar-refractivity contribution in [1.29, 1.82) is 0 Å². The minimum atomic E-state index is -10.9. The number of halogens is 47. The lowest BCUT2D eigenvalue weighted by molar-refractivity contribution is -0.498. The van der Waals surface area contributed by atoms with E-state index in [9.17, 15) is 211 Å². The molecule has 0 radical (unpaired) electrons. The Morgan fingerprint density at radius 2 is 0.372 bits per heavy atom. The predicted molar refractivity (Wildman–Crippen MR) is 142 cm³/mol. The van der Waals surface area contributed by atoms with Gasteiger partial charge in [-0.15, -0.1) is 0 Å². The van der Waals surface area contributed by atoms with Gasteiger partial charge in [-0.25, -0.2) is 4.57 Å². The molecule has 0 fully saturated rings. The highest BCUT2D eigenvalue weighted by molar-refractivity contribution is 7.46. The van der Waals surface area contributed by atoms with Gasteiger partial charge in [-0.2, -0.15) is 206 Å². The number of alkyl halides is 47. The molecule has 0 amide bonds. The van der Waals surface area contributed by atoms with Crippen molar-refractivity contribution in [3.63, 3.8) is 0 Å². The third-order valence-electron chi connectivity index (χ3n) is 9.56. The van der Waals surface area contributed by atoms with Gasteiger partial charge in [0, 0.05) is 6.42 Å². The van der Waals surface area contributed by atoms with E-state index in [1.807, 2.05) is 0 Å². The molecule has 0 spiro atoms. The molecule has 0 aliphatic carbocycles. The Labute approximate surface area is 390 Å². The number of phosphoric ester groups is 1. The van der Waals surface area contributed by atoms with E-state index in [-0.39, 0.29) is 0 Å². The van der Waals surface area contributed by atoms with Crippen molar-refractivity contribution in [3.05, 3.63) is 0 Å². The average molecular weight is 1310 g/mol. The molecule has 0 aromatic rings. The van der Waals surface area contributed by atoms with Gasteiger partial charge in [-0.1, -0.05) is 0 Å². The molecule has 1 unspecified atom stereocenters. The van der Waals surface area contributed by atoms with Crippen LogP contribution in [-0.4, -0.2) is 152 Å². The van der Waals surface area contributed by atoms with Gasteiger partial charge in [-0.05, 0) is 6.92 Å². The summed E-state index contributed by atoms with van der Waals surface area (Å²) in [5.41, 5.74) is 0. The summed E-state index contributed by atoms with van der Waals surface area (Å²) in [6, 6.07) is 0. The second kappa shape index (κ2) is 18.4. The van der Waals surface area contributed by atoms with Crippen molar-refractivity contribution in [2.75, 3.05) is 0 Å². The maximum absolute atomic E-state index is 14.2. The largest absolute Gasteiger partial charge is 0.469 e. The number of hydrogen-bond acceptors (Lipinski definition) is 2. The lowest BCUT2D eigenvalue weighted by atomic mass is 9.81. The van der Waals surface area contributed by atoms with Crippen molar-refractivity contribution in [2.24, 2.45) is 0 Å². The fourth-order valence-corrected chi connectivity index (χ4v) is 5.46. The first-order chi connectivity index (χ1) is 32.6. The molecule has 0 saturated carbocycles. The topological polar surface area (TPSA) is 66.8 Å². The fourth-order valence-electron chi connectivity index (χ4n) is 4.91. The molecule has 1 atom stereocenters. The zero-order chi connectivity index (χ0) is 65.0. The van der Waals surface area contributed by atoms with Crippen LogP contribution in [0.1, 0.15) is 13.3 Å². The van der Waals surface area contributed by atoms with Gasteiger partial charge < -0.3 is 9.79 Å². The third kappa shape index (κ3) is 8.95. The molecule has 0 aromatic carbocycles. The summed E-state index contributed by atoms with van der Waals surface area (Å²) in [5.74, 6) is -225. The van der Waals surface area contributed by atoms with Gasteiger partial charge in [0.05, 0.1) is 6.10 Å². The Balaban J connectivity index is 8.11. The number of phosphoric acid groups is 1. The molecular formula is C26H8F47O4P. The maximum atomic E-state index is 14.2. The van der Waals surface area contributed by atoms with Crippen molar-refractivity contribution < 1.29 is 225 Å². The minimum absolute atomic E-state index is 0.433. The van der Waals surface area contributed by atoms with Crippen LogP contribution in [0.2, 0.25) is 0 Å². The van der Waals surface area contributed by atoms with Crippen LogP contribution in [0, 0.1) is 0 Å². The van der Waals surface area contributed by atoms with E-state index in [0.717, 1.165) is 0 Å². The average Bonchev–Trinajstić information content (AvgIpc) is 3.17. The predicted octanol–water partition coefficient (Wildman–Crippen LogP) is 15.4. The third-order valence-corrected chi connectivity index (χ3v) is 10.2. The highest BCUT2D eigenvalue weighted by atomic mass is 31.2. The maximum Gasteiger partial charge on any atom is 0.469 e. The summed E-state index contributed by atoms with van der Waals surface area (Å²) in [4.78, 5) is 16.6. The number of rotatable bonds is 25. The minimum Gasteiger partial charge on any atom is -0.303 e. The van der Waals surface area contributed by atoms with Crippen LogP contribution in [0.5, 0.6) is 0 Å². The fraction of sp³-hybridized carbons (Fsp3) is 1.00. The first-order valence-electron chi connectivity index (χ1n) is 16.7. The Bertz CT molecular complexity index is 2210. The molecule has 0 heterocycles. The van der Waals surface area contributed by atoms with Crippen molar-refractivity contribution >= 4 is 7.82 Å². The smallest absolute Gasteiger partial charge is 0.303 e. The molecule has 0 saturated heterocycles. The lowest BCUT2D eigenvalue weighted by Crippen LogP contribution is -2.81. The van der Waals surface area contributed by atoms with Gasteiger partial charge in [0.2, 0.25) is 0 Å². The molecule has 4 nitrogen and oxygen atoms in total. The van der Waals surface area contributed by atoms with E-state index in [2.05, 4.69) is 4.52 Å². The van der Waals surface area contributed by atoms with E-state index in [1.54, 1.807) is 0 Å². The summed E-state index contributed by atoms with van der Waals surface area (Å²) < 4.78 is 664. The molecule has 470 valence electrons. The van der Waals surface area contributed by atoms with E-state index < -0.39 is 164 Å². The summed E-state index contributed by atoms with van der Waals surface area (Å²) in [5, 5.41) is 0. The zero-order valence-electron chi connectivity index (χ0n) is 33.7. The lowest BCUT2D eigenvalue weighted by Gasteiger charge is -2.47. The molecule has 78 heavy (non-hydrogen) atoms. The van der Waals surface area contributed by atoms with E-state index in [1.165, 1.54) is 0 Å². The standard InChI is InChI=1S/C26H8F47O4P/c1-3(77-78(74,75)76)2-4(27,28)5(29,30)6(31,32)7(33,34)8(35,36)9(37,38)10(39,40)11(41,42)12(43,44)13(45,46)14(47,48)15(49,50)16(51,52)17(53,54)18(55,56)19(57,58)20(59,60)21(61,62)22(63,64)23(65,66)24(67,68)25(69,70)26(71,72)73/h3H,2H2,1H3,(H2,74,75,76). The van der Waals surface area contributed by atoms with Crippen LogP contribution >= 0.6 is 7.82 Å². The van der Waals surface area contributed by atoms with Crippen LogP contribution in [-0.2, 0) is 9.09 Å². The summed E-state index contributed by atoms with van der Waals surface area (Å²) in [6.07, 6.45) is -15.9. The van der Waals surface area contributed by atoms with Gasteiger partial charge in [0.1, 0.15) is 0 Å². The highest BCUT2D eigenvalue weighted by Crippen LogP contribution is 2.72. The Morgan fingerprint density at radius 1 is 0.256 bits per heavy atom. The number of hydrogen-bond donors (Lipinski definition) is 2. The summed E-state index contributed by atoms with van der Waals surface area (Å²) in [6.45, 7) is -0.433. The van der Waals surface area contributed by atoms with Crippen molar-refractivity contribution in [3.8, 4) is 0 Å². The Morgan fingerprint density at radius 3 is 0.487 bits per heavy atom. The quantitative estimate of drug-likeness (QED) is 0.0706. The van der Waals surface area contributed by atoms with Crippen LogP contribution in [0.15, 0.2) is 0 Å². The second-order valence-corrected chi connectivity index (χ2v) is 16.1. The van der Waals surface area contributed by atoms with Crippen LogP contribution in [0.25, 0.3) is 0 Å². The highest BCUT2D eigenvalue weighted by Gasteiger charge is 3.04. The molecular weight excluding hydrogens is 1300 g/mol. The molecule has 52 heteroatoms. The molecule has 2 N–H and O–H groups in total. The van der Waals surface area contributed by atoms with E-state index >= 15 is 0 Å². The molecule has 0 rings (SSSR count). The van der Waals surface area contributed by atoms with Gasteiger partial charge in [0.25, 0.3) is 0 Å². The van der Waals surface area contributed by atoms with Gasteiger partial charge >= 0.3 is 144 Å². The van der Waals surface area contributed by atoms with Gasteiger partial charge in [-0.3, -0.25) is 4.52 Å². The normalized spacial score (nSPS) is 17.7. The summed E-state index contributed by atoms with van der Waals surface area (Å²) in [7, 11) is -6.39.